The molecule has 0 unspecified atom stereocenters. The summed E-state index contributed by atoms with van der Waals surface area (Å²) in [6, 6.07) is 0.957. The van der Waals surface area contributed by atoms with Crippen LogP contribution in [-0.4, -0.2) is 26.4 Å². The van der Waals surface area contributed by atoms with E-state index >= 15 is 0 Å². The number of phenols is 3. The summed E-state index contributed by atoms with van der Waals surface area (Å²) in [7, 11) is 0. The molecule has 0 aliphatic heterocycles. The first-order chi connectivity index (χ1) is 7.99. The predicted molar refractivity (Wildman–Crippen MR) is 61.6 cm³/mol. The van der Waals surface area contributed by atoms with Crippen molar-refractivity contribution < 1.29 is 25.2 Å². The molecule has 0 aromatic heterocycles. The van der Waals surface area contributed by atoms with Crippen molar-refractivity contribution in [3.8, 4) is 17.2 Å². The number of unbranched alkanes of at least 4 members (excludes halogenated alkanes) is 2. The molecular weight excluding hydrogens is 224 g/mol. The van der Waals surface area contributed by atoms with Crippen LogP contribution in [0.25, 0.3) is 0 Å². The molecule has 0 saturated carbocycles. The number of phenolic OH excluding ortho intramolecular Hbond substituents is 3. The second-order valence-electron chi connectivity index (χ2n) is 3.88. The molecule has 0 fully saturated rings. The zero-order chi connectivity index (χ0) is 13.0. The van der Waals surface area contributed by atoms with Gasteiger partial charge in [0.15, 0.2) is 11.5 Å². The third-order valence-corrected chi connectivity index (χ3v) is 2.62. The van der Waals surface area contributed by atoms with Gasteiger partial charge in [-0.25, -0.2) is 4.79 Å². The molecule has 0 atom stereocenters. The Labute approximate surface area is 99.0 Å². The van der Waals surface area contributed by atoms with E-state index in [9.17, 15) is 20.1 Å². The quantitative estimate of drug-likeness (QED) is 0.467. The number of aromatic hydroxyl groups is 3. The van der Waals surface area contributed by atoms with Crippen LogP contribution in [0.1, 0.15) is 42.1 Å². The summed E-state index contributed by atoms with van der Waals surface area (Å²) in [4.78, 5) is 11.0. The number of carbonyl (C=O) groups is 1. The molecule has 5 nitrogen and oxygen atoms in total. The van der Waals surface area contributed by atoms with Crippen molar-refractivity contribution in [2.45, 2.75) is 32.6 Å². The van der Waals surface area contributed by atoms with Crippen molar-refractivity contribution in [1.29, 1.82) is 0 Å². The first kappa shape index (κ1) is 13.2. The minimum absolute atomic E-state index is 0.168. The molecule has 4 N–H and O–H groups in total. The molecule has 0 saturated heterocycles. The molecule has 1 aromatic rings. The Hall–Kier alpha value is -1.91. The smallest absolute Gasteiger partial charge is 0.336 e. The van der Waals surface area contributed by atoms with Gasteiger partial charge in [0, 0.05) is 5.56 Å². The minimum atomic E-state index is -1.23. The number of hydrogen-bond acceptors (Lipinski definition) is 4. The molecule has 0 bridgehead atoms. The van der Waals surface area contributed by atoms with Gasteiger partial charge >= 0.3 is 5.97 Å². The first-order valence-electron chi connectivity index (χ1n) is 5.49. The van der Waals surface area contributed by atoms with Gasteiger partial charge in [-0.3, -0.25) is 0 Å². The van der Waals surface area contributed by atoms with Gasteiger partial charge in [0.25, 0.3) is 0 Å². The van der Waals surface area contributed by atoms with Crippen LogP contribution in [-0.2, 0) is 6.42 Å². The van der Waals surface area contributed by atoms with Gasteiger partial charge in [-0.1, -0.05) is 19.8 Å². The third-order valence-electron chi connectivity index (χ3n) is 2.62. The summed E-state index contributed by atoms with van der Waals surface area (Å²) in [5.41, 5.74) is -0.00449. The number of rotatable bonds is 5. The Bertz CT molecular complexity index is 425. The summed E-state index contributed by atoms with van der Waals surface area (Å²) >= 11 is 0. The molecule has 1 aromatic carbocycles. The van der Waals surface area contributed by atoms with Crippen LogP contribution in [0.4, 0.5) is 0 Å². The van der Waals surface area contributed by atoms with Gasteiger partial charge in [-0.15, -0.1) is 0 Å². The fourth-order valence-corrected chi connectivity index (χ4v) is 1.68. The Morgan fingerprint density at radius 1 is 1.18 bits per heavy atom. The highest BCUT2D eigenvalue weighted by Crippen LogP contribution is 2.40. The lowest BCUT2D eigenvalue weighted by atomic mass is 9.99. The maximum absolute atomic E-state index is 11.0. The van der Waals surface area contributed by atoms with Crippen molar-refractivity contribution in [3.05, 3.63) is 17.2 Å². The number of benzene rings is 1. The number of hydrogen-bond donors (Lipinski definition) is 4. The van der Waals surface area contributed by atoms with E-state index in [0.29, 0.717) is 12.8 Å². The molecule has 0 aliphatic carbocycles. The van der Waals surface area contributed by atoms with Gasteiger partial charge in [0.05, 0.1) is 5.56 Å². The standard InChI is InChI=1S/C12H16O5/c1-2-3-4-5-7-8(12(16)17)6-9(13)11(15)10(7)14/h6,13-15H,2-5H2,1H3,(H,16,17). The van der Waals surface area contributed by atoms with Crippen LogP contribution in [0.3, 0.4) is 0 Å². The zero-order valence-corrected chi connectivity index (χ0v) is 9.60. The Morgan fingerprint density at radius 2 is 1.82 bits per heavy atom. The van der Waals surface area contributed by atoms with Crippen molar-refractivity contribution in [3.63, 3.8) is 0 Å². The largest absolute Gasteiger partial charge is 0.504 e. The third kappa shape index (κ3) is 2.81. The SMILES string of the molecule is CCCCCc1c(C(=O)O)cc(O)c(O)c1O. The van der Waals surface area contributed by atoms with Gasteiger partial charge < -0.3 is 20.4 Å². The van der Waals surface area contributed by atoms with Crippen molar-refractivity contribution in [1.82, 2.24) is 0 Å². The van der Waals surface area contributed by atoms with Crippen molar-refractivity contribution in [2.75, 3.05) is 0 Å². The lowest BCUT2D eigenvalue weighted by Crippen LogP contribution is -2.03. The maximum atomic E-state index is 11.0. The fraction of sp³-hybridized carbons (Fsp3) is 0.417. The summed E-state index contributed by atoms with van der Waals surface area (Å²) in [5, 5.41) is 37.2. The molecule has 17 heavy (non-hydrogen) atoms. The van der Waals surface area contributed by atoms with E-state index in [1.807, 2.05) is 6.92 Å². The summed E-state index contributed by atoms with van der Waals surface area (Å²) < 4.78 is 0. The Morgan fingerprint density at radius 3 is 2.35 bits per heavy atom. The van der Waals surface area contributed by atoms with E-state index in [1.54, 1.807) is 0 Å². The number of aromatic carboxylic acids is 1. The van der Waals surface area contributed by atoms with Crippen LogP contribution >= 0.6 is 0 Å². The highest BCUT2D eigenvalue weighted by molar-refractivity contribution is 5.91. The van der Waals surface area contributed by atoms with E-state index in [0.717, 1.165) is 18.9 Å². The van der Waals surface area contributed by atoms with Crippen LogP contribution in [0.2, 0.25) is 0 Å². The van der Waals surface area contributed by atoms with E-state index in [2.05, 4.69) is 0 Å². The normalized spacial score (nSPS) is 10.4. The van der Waals surface area contributed by atoms with Crippen molar-refractivity contribution >= 4 is 5.97 Å². The van der Waals surface area contributed by atoms with Crippen LogP contribution in [0.15, 0.2) is 6.07 Å². The lowest BCUT2D eigenvalue weighted by Gasteiger charge is -2.11. The van der Waals surface area contributed by atoms with Crippen LogP contribution < -0.4 is 0 Å². The van der Waals surface area contributed by atoms with Crippen molar-refractivity contribution in [2.24, 2.45) is 0 Å². The average molecular weight is 240 g/mol. The number of carboxylic acids is 1. The van der Waals surface area contributed by atoms with Gasteiger partial charge in [-0.05, 0) is 18.9 Å². The molecule has 5 heteroatoms. The zero-order valence-electron chi connectivity index (χ0n) is 9.60. The highest BCUT2D eigenvalue weighted by atomic mass is 16.4. The molecule has 1 rings (SSSR count). The molecule has 94 valence electrons. The first-order valence-corrected chi connectivity index (χ1v) is 5.49. The van der Waals surface area contributed by atoms with Crippen LogP contribution in [0, 0.1) is 0 Å². The number of carboxylic acid groups (broad SMARTS) is 1. The molecule has 0 aliphatic rings. The minimum Gasteiger partial charge on any atom is -0.504 e. The summed E-state index contributed by atoms with van der Waals surface area (Å²) in [6.45, 7) is 2.01. The van der Waals surface area contributed by atoms with E-state index < -0.39 is 23.2 Å². The fourth-order valence-electron chi connectivity index (χ4n) is 1.68. The van der Waals surface area contributed by atoms with E-state index in [-0.39, 0.29) is 11.1 Å². The van der Waals surface area contributed by atoms with Gasteiger partial charge in [0.1, 0.15) is 0 Å². The maximum Gasteiger partial charge on any atom is 0.336 e. The van der Waals surface area contributed by atoms with E-state index in [4.69, 9.17) is 5.11 Å². The van der Waals surface area contributed by atoms with Gasteiger partial charge in [0.2, 0.25) is 5.75 Å². The molecular formula is C12H16O5. The Kier molecular flexibility index (Phi) is 4.20. The second kappa shape index (κ2) is 5.43. The summed E-state index contributed by atoms with van der Waals surface area (Å²) in [5.74, 6) is -3.07. The Balaban J connectivity index is 3.15. The van der Waals surface area contributed by atoms with Gasteiger partial charge in [-0.2, -0.15) is 0 Å². The highest BCUT2D eigenvalue weighted by Gasteiger charge is 2.20. The predicted octanol–water partition coefficient (Wildman–Crippen LogP) is 2.23. The van der Waals surface area contributed by atoms with E-state index in [1.165, 1.54) is 0 Å². The topological polar surface area (TPSA) is 98.0 Å². The molecule has 0 amide bonds. The second-order valence-corrected chi connectivity index (χ2v) is 3.88. The molecule has 0 heterocycles. The monoisotopic (exact) mass is 240 g/mol. The lowest BCUT2D eigenvalue weighted by molar-refractivity contribution is 0.0694. The average Bonchev–Trinajstić information content (AvgIpc) is 2.28. The van der Waals surface area contributed by atoms with Crippen LogP contribution in [0.5, 0.6) is 17.2 Å². The molecule has 0 spiro atoms. The molecule has 0 radical (unpaired) electrons. The summed E-state index contributed by atoms with van der Waals surface area (Å²) in [6.07, 6.45) is 2.94.